The first-order valence-corrected chi connectivity index (χ1v) is 5.92. The minimum absolute atomic E-state index is 0.379. The second-order valence-electron chi connectivity index (χ2n) is 3.73. The molecule has 0 atom stereocenters. The molecule has 0 bridgehead atoms. The van der Waals surface area contributed by atoms with Gasteiger partial charge in [0.15, 0.2) is 6.61 Å². The van der Waals surface area contributed by atoms with Gasteiger partial charge in [-0.2, -0.15) is 5.26 Å². The van der Waals surface area contributed by atoms with Gasteiger partial charge in [0.05, 0.1) is 11.6 Å². The summed E-state index contributed by atoms with van der Waals surface area (Å²) in [5.74, 6) is -1.06. The van der Waals surface area contributed by atoms with E-state index in [2.05, 4.69) is 5.32 Å². The average molecular weight is 270 g/mol. The number of nitrogens with zero attached hydrogens (tertiary/aromatic N) is 1. The van der Waals surface area contributed by atoms with Crippen LogP contribution >= 0.6 is 0 Å². The monoisotopic (exact) mass is 270 g/mol. The molecule has 5 nitrogen and oxygen atoms in total. The number of allylic oxidation sites excluding steroid dienone is 3. The molecule has 0 fully saturated rings. The summed E-state index contributed by atoms with van der Waals surface area (Å²) in [5, 5.41) is 11.3. The molecule has 0 spiro atoms. The molecule has 20 heavy (non-hydrogen) atoms. The van der Waals surface area contributed by atoms with E-state index in [4.69, 9.17) is 10.00 Å². The van der Waals surface area contributed by atoms with Gasteiger partial charge in [-0.05, 0) is 25.1 Å². The normalized spacial score (nSPS) is 10.4. The highest BCUT2D eigenvalue weighted by Crippen LogP contribution is 2.09. The fraction of sp³-hybridized carbons (Fsp3) is 0.133. The molecule has 5 heteroatoms. The minimum atomic E-state index is -0.593. The quantitative estimate of drug-likeness (QED) is 0.505. The van der Waals surface area contributed by atoms with Crippen LogP contribution in [0.2, 0.25) is 0 Å². The first kappa shape index (κ1) is 15.2. The predicted octanol–water partition coefficient (Wildman–Crippen LogP) is 2.17. The van der Waals surface area contributed by atoms with Crippen LogP contribution < -0.4 is 5.32 Å². The van der Waals surface area contributed by atoms with E-state index in [9.17, 15) is 9.59 Å². The number of ether oxygens (including phenoxy) is 1. The lowest BCUT2D eigenvalue weighted by Gasteiger charge is -2.05. The van der Waals surface area contributed by atoms with Gasteiger partial charge in [-0.3, -0.25) is 4.79 Å². The predicted molar refractivity (Wildman–Crippen MR) is 74.7 cm³/mol. The number of hydrogen-bond acceptors (Lipinski definition) is 4. The Hall–Kier alpha value is -2.87. The topological polar surface area (TPSA) is 79.2 Å². The Morgan fingerprint density at radius 2 is 2.20 bits per heavy atom. The maximum atomic E-state index is 11.5. The summed E-state index contributed by atoms with van der Waals surface area (Å²) >= 11 is 0. The lowest BCUT2D eigenvalue weighted by Crippen LogP contribution is -2.20. The summed E-state index contributed by atoms with van der Waals surface area (Å²) < 4.78 is 4.74. The van der Waals surface area contributed by atoms with Gasteiger partial charge in [-0.1, -0.05) is 24.3 Å². The molecule has 0 aliphatic heterocycles. The number of hydrogen-bond donors (Lipinski definition) is 1. The zero-order valence-corrected chi connectivity index (χ0v) is 11.0. The van der Waals surface area contributed by atoms with E-state index in [1.165, 1.54) is 18.2 Å². The minimum Gasteiger partial charge on any atom is -0.452 e. The summed E-state index contributed by atoms with van der Waals surface area (Å²) in [6, 6.07) is 8.43. The van der Waals surface area contributed by atoms with Crippen molar-refractivity contribution in [3.05, 3.63) is 54.1 Å². The van der Waals surface area contributed by atoms with Gasteiger partial charge in [-0.25, -0.2) is 4.79 Å². The summed E-state index contributed by atoms with van der Waals surface area (Å²) in [5.41, 5.74) is 0.920. The van der Waals surface area contributed by atoms with Crippen LogP contribution in [0.1, 0.15) is 12.5 Å². The van der Waals surface area contributed by atoms with E-state index in [0.717, 1.165) is 0 Å². The first-order valence-electron chi connectivity index (χ1n) is 5.92. The molecule has 1 aromatic carbocycles. The highest BCUT2D eigenvalue weighted by molar-refractivity contribution is 5.93. The summed E-state index contributed by atoms with van der Waals surface area (Å²) in [4.78, 5) is 22.7. The van der Waals surface area contributed by atoms with E-state index in [0.29, 0.717) is 11.3 Å². The first-order chi connectivity index (χ1) is 9.65. The van der Waals surface area contributed by atoms with Crippen LogP contribution in [0.3, 0.4) is 0 Å². The number of carbonyl (C=O) groups excluding carboxylic acids is 2. The van der Waals surface area contributed by atoms with Crippen molar-refractivity contribution < 1.29 is 14.3 Å². The molecule has 0 radical (unpaired) electrons. The van der Waals surface area contributed by atoms with Crippen molar-refractivity contribution in [1.29, 1.82) is 5.26 Å². The van der Waals surface area contributed by atoms with Crippen LogP contribution in [0.25, 0.3) is 0 Å². The molecule has 102 valence electrons. The smallest absolute Gasteiger partial charge is 0.331 e. The van der Waals surface area contributed by atoms with Crippen molar-refractivity contribution in [3.63, 3.8) is 0 Å². The zero-order chi connectivity index (χ0) is 14.8. The Morgan fingerprint density at radius 1 is 1.40 bits per heavy atom. The molecule has 0 aromatic heterocycles. The molecule has 0 heterocycles. The molecule has 1 amide bonds. The van der Waals surface area contributed by atoms with Gasteiger partial charge in [0.2, 0.25) is 0 Å². The van der Waals surface area contributed by atoms with Crippen LogP contribution in [-0.4, -0.2) is 18.5 Å². The molecule has 1 aromatic rings. The lowest BCUT2D eigenvalue weighted by molar-refractivity contribution is -0.142. The maximum absolute atomic E-state index is 11.5. The van der Waals surface area contributed by atoms with E-state index in [1.807, 2.05) is 13.0 Å². The fourth-order valence-electron chi connectivity index (χ4n) is 1.29. The highest BCUT2D eigenvalue weighted by Gasteiger charge is 2.05. The molecule has 0 unspecified atom stereocenters. The van der Waals surface area contributed by atoms with Crippen molar-refractivity contribution in [3.8, 4) is 6.07 Å². The van der Waals surface area contributed by atoms with Crippen LogP contribution in [0.5, 0.6) is 0 Å². The van der Waals surface area contributed by atoms with Crippen LogP contribution in [-0.2, 0) is 14.3 Å². The molecular formula is C15H14N2O3. The van der Waals surface area contributed by atoms with E-state index in [1.54, 1.807) is 30.4 Å². The standard InChI is InChI=1S/C15H14N2O3/c1-2-3-4-8-15(19)20-11-14(18)17-13-7-5-6-12(9-13)10-16/h2-9H,11H2,1H3,(H,17,18)/b3-2+,8-4+. The molecular weight excluding hydrogens is 256 g/mol. The third kappa shape index (κ3) is 5.65. The summed E-state index contributed by atoms with van der Waals surface area (Å²) in [6.45, 7) is 1.44. The zero-order valence-electron chi connectivity index (χ0n) is 11.0. The number of carbonyl (C=O) groups is 2. The van der Waals surface area contributed by atoms with Gasteiger partial charge in [-0.15, -0.1) is 0 Å². The second-order valence-corrected chi connectivity index (χ2v) is 3.73. The molecule has 0 aliphatic carbocycles. The molecule has 0 saturated heterocycles. The number of nitriles is 1. The average Bonchev–Trinajstić information content (AvgIpc) is 2.45. The molecule has 1 rings (SSSR count). The number of rotatable bonds is 5. The van der Waals surface area contributed by atoms with Crippen molar-refractivity contribution in [2.24, 2.45) is 0 Å². The van der Waals surface area contributed by atoms with Crippen molar-refractivity contribution in [1.82, 2.24) is 0 Å². The fourth-order valence-corrected chi connectivity index (χ4v) is 1.29. The van der Waals surface area contributed by atoms with Crippen molar-refractivity contribution in [2.45, 2.75) is 6.92 Å². The number of benzene rings is 1. The van der Waals surface area contributed by atoms with Gasteiger partial charge < -0.3 is 10.1 Å². The SMILES string of the molecule is C/C=C/C=C/C(=O)OCC(=O)Nc1cccc(C#N)c1. The Kier molecular flexibility index (Phi) is 6.28. The van der Waals surface area contributed by atoms with E-state index >= 15 is 0 Å². The molecule has 0 saturated carbocycles. The lowest BCUT2D eigenvalue weighted by atomic mass is 10.2. The van der Waals surface area contributed by atoms with E-state index < -0.39 is 11.9 Å². The molecule has 1 N–H and O–H groups in total. The third-order valence-electron chi connectivity index (χ3n) is 2.16. The maximum Gasteiger partial charge on any atom is 0.331 e. The van der Waals surface area contributed by atoms with Crippen LogP contribution in [0.4, 0.5) is 5.69 Å². The number of amides is 1. The third-order valence-corrected chi connectivity index (χ3v) is 2.16. The summed E-state index contributed by atoms with van der Waals surface area (Å²) in [7, 11) is 0. The largest absolute Gasteiger partial charge is 0.452 e. The van der Waals surface area contributed by atoms with Gasteiger partial charge in [0.25, 0.3) is 5.91 Å². The van der Waals surface area contributed by atoms with Crippen molar-refractivity contribution in [2.75, 3.05) is 11.9 Å². The Bertz CT molecular complexity index is 583. The van der Waals surface area contributed by atoms with Gasteiger partial charge >= 0.3 is 5.97 Å². The Labute approximate surface area is 117 Å². The van der Waals surface area contributed by atoms with Gasteiger partial charge in [0.1, 0.15) is 0 Å². The highest BCUT2D eigenvalue weighted by atomic mass is 16.5. The van der Waals surface area contributed by atoms with Crippen molar-refractivity contribution >= 4 is 17.6 Å². The number of nitrogens with one attached hydrogen (secondary N) is 1. The number of anilines is 1. The molecule has 0 aliphatic rings. The Balaban J connectivity index is 2.44. The van der Waals surface area contributed by atoms with Crippen LogP contribution in [0.15, 0.2) is 48.6 Å². The van der Waals surface area contributed by atoms with E-state index in [-0.39, 0.29) is 6.61 Å². The van der Waals surface area contributed by atoms with Crippen LogP contribution in [0, 0.1) is 11.3 Å². The second kappa shape index (κ2) is 8.27. The summed E-state index contributed by atoms with van der Waals surface area (Å²) in [6.07, 6.45) is 6.19. The number of esters is 1. The van der Waals surface area contributed by atoms with Gasteiger partial charge in [0, 0.05) is 11.8 Å². The Morgan fingerprint density at radius 3 is 2.90 bits per heavy atom.